The van der Waals surface area contributed by atoms with Gasteiger partial charge < -0.3 is 5.53 Å². The molecule has 0 aromatic heterocycles. The topological polar surface area (TPSA) is 105 Å². The molecule has 0 atom stereocenters. The number of hydrogen-bond acceptors (Lipinski definition) is 4. The van der Waals surface area contributed by atoms with Crippen molar-refractivity contribution in [2.24, 2.45) is 0 Å². The molecule has 31 heavy (non-hydrogen) atoms. The lowest BCUT2D eigenvalue weighted by molar-refractivity contribution is 0.00379. The van der Waals surface area contributed by atoms with Crippen LogP contribution in [0.15, 0.2) is 34.1 Å². The molecule has 0 spiro atoms. The van der Waals surface area contributed by atoms with E-state index in [0.29, 0.717) is 22.3 Å². The third kappa shape index (κ3) is 4.52. The van der Waals surface area contributed by atoms with Crippen molar-refractivity contribution in [3.05, 3.63) is 63.2 Å². The molecule has 168 valence electrons. The fourth-order valence-electron chi connectivity index (χ4n) is 3.43. The Morgan fingerprint density at radius 3 is 1.23 bits per heavy atom. The van der Waals surface area contributed by atoms with Crippen molar-refractivity contribution in [1.29, 1.82) is 0 Å². The van der Waals surface area contributed by atoms with Crippen LogP contribution in [-0.4, -0.2) is 26.0 Å². The normalized spacial score (nSPS) is 12.3. The van der Waals surface area contributed by atoms with Crippen LogP contribution in [0.25, 0.3) is 5.53 Å². The van der Waals surface area contributed by atoms with Gasteiger partial charge in [0.05, 0.1) is 9.79 Å². The van der Waals surface area contributed by atoms with E-state index < -0.39 is 24.1 Å². The quantitative estimate of drug-likeness (QED) is 0.276. The molecule has 0 amide bonds. The van der Waals surface area contributed by atoms with Crippen molar-refractivity contribution in [2.45, 2.75) is 77.0 Å². The fraction of sp³-hybridized carbons (Fsp3) is 0.435. The molecule has 0 N–H and O–H groups in total. The third-order valence-electron chi connectivity index (χ3n) is 5.62. The van der Waals surface area contributed by atoms with Crippen LogP contribution in [0.5, 0.6) is 0 Å². The van der Waals surface area contributed by atoms with Crippen molar-refractivity contribution >= 4 is 24.1 Å². The molecule has 8 heteroatoms. The average molecular weight is 463 g/mol. The molecular formula is C23H30N2O4S2. The predicted molar refractivity (Wildman–Crippen MR) is 123 cm³/mol. The molecule has 2 aromatic rings. The highest BCUT2D eigenvalue weighted by atomic mass is 32.3. The summed E-state index contributed by atoms with van der Waals surface area (Å²) in [7, 11) is -9.25. The van der Waals surface area contributed by atoms with Gasteiger partial charge >= 0.3 is 4.38 Å². The molecule has 0 aliphatic heterocycles. The van der Waals surface area contributed by atoms with Crippen LogP contribution in [0.4, 0.5) is 0 Å². The Hall–Kier alpha value is -2.28. The van der Waals surface area contributed by atoms with Gasteiger partial charge in [0.25, 0.3) is 19.7 Å². The van der Waals surface area contributed by atoms with Gasteiger partial charge in [0.1, 0.15) is 0 Å². The number of rotatable bonds is 4. The minimum absolute atomic E-state index is 0.156. The van der Waals surface area contributed by atoms with Crippen LogP contribution in [0, 0.1) is 27.7 Å². The summed E-state index contributed by atoms with van der Waals surface area (Å²) in [5, 5.41) is 0. The molecule has 0 saturated heterocycles. The second kappa shape index (κ2) is 8.69. The summed E-state index contributed by atoms with van der Waals surface area (Å²) in [5.74, 6) is -0.362. The Bertz CT molecular complexity index is 1200. The highest BCUT2D eigenvalue weighted by Gasteiger charge is 2.46. The molecule has 0 fully saturated rings. The molecule has 6 nitrogen and oxygen atoms in total. The average Bonchev–Trinajstić information content (AvgIpc) is 2.64. The summed E-state index contributed by atoms with van der Waals surface area (Å²) < 4.78 is 52.9. The van der Waals surface area contributed by atoms with Crippen LogP contribution < -0.4 is 0 Å². The zero-order valence-electron chi connectivity index (χ0n) is 19.3. The second-order valence-corrected chi connectivity index (χ2v) is 12.6. The summed E-state index contributed by atoms with van der Waals surface area (Å²) in [5.41, 5.74) is 13.8. The maximum absolute atomic E-state index is 13.5. The minimum atomic E-state index is -4.63. The van der Waals surface area contributed by atoms with Crippen LogP contribution in [0.3, 0.4) is 0 Å². The van der Waals surface area contributed by atoms with Gasteiger partial charge in [-0.3, -0.25) is 0 Å². The van der Waals surface area contributed by atoms with E-state index >= 15 is 0 Å². The van der Waals surface area contributed by atoms with Crippen LogP contribution in [0.2, 0.25) is 0 Å². The molecule has 2 rings (SSSR count). The molecule has 0 aliphatic rings. The molecular weight excluding hydrogens is 432 g/mol. The maximum Gasteiger partial charge on any atom is 0.504 e. The summed E-state index contributed by atoms with van der Waals surface area (Å²) in [4.78, 5) is 2.52. The molecule has 0 bridgehead atoms. The minimum Gasteiger partial charge on any atom is -0.359 e. The van der Waals surface area contributed by atoms with E-state index in [4.69, 9.17) is 0 Å². The van der Waals surface area contributed by atoms with Crippen molar-refractivity contribution < 1.29 is 21.6 Å². The monoisotopic (exact) mass is 462 g/mol. The number of hydrogen-bond donors (Lipinski definition) is 0. The zero-order chi connectivity index (χ0) is 23.9. The zero-order valence-corrected chi connectivity index (χ0v) is 20.9. The maximum atomic E-state index is 13.5. The van der Waals surface area contributed by atoms with Crippen molar-refractivity contribution in [3.8, 4) is 0 Å². The number of benzene rings is 2. The van der Waals surface area contributed by atoms with Crippen molar-refractivity contribution in [2.75, 3.05) is 0 Å². The van der Waals surface area contributed by atoms with E-state index in [-0.39, 0.29) is 21.6 Å². The Kier molecular flexibility index (Phi) is 7.00. The van der Waals surface area contributed by atoms with E-state index in [1.165, 1.54) is 12.1 Å². The van der Waals surface area contributed by atoms with E-state index in [1.807, 2.05) is 41.5 Å². The molecule has 0 heterocycles. The van der Waals surface area contributed by atoms with Gasteiger partial charge in [-0.1, -0.05) is 39.8 Å². The second-order valence-electron chi connectivity index (χ2n) is 8.63. The third-order valence-corrected chi connectivity index (χ3v) is 9.88. The molecule has 0 unspecified atom stereocenters. The number of sulfone groups is 2. The van der Waals surface area contributed by atoms with Gasteiger partial charge in [0.15, 0.2) is 0 Å². The smallest absolute Gasteiger partial charge is 0.359 e. The lowest BCUT2D eigenvalue weighted by Crippen LogP contribution is -2.28. The van der Waals surface area contributed by atoms with Gasteiger partial charge in [-0.05, 0) is 85.0 Å². The SMILES string of the molecule is Cc1cc(C(C)C)c(S(=O)(=O)C(=[N+]=[N-])S(=O)(=O)c2cc(C)c(C)cc2C(C)C)cc1C. The van der Waals surface area contributed by atoms with Gasteiger partial charge in [-0.2, -0.15) is 0 Å². The highest BCUT2D eigenvalue weighted by molar-refractivity contribution is 8.31. The van der Waals surface area contributed by atoms with Crippen LogP contribution in [-0.2, 0) is 19.7 Å². The largest absolute Gasteiger partial charge is 0.504 e. The van der Waals surface area contributed by atoms with Crippen molar-refractivity contribution in [1.82, 2.24) is 0 Å². The molecule has 0 saturated carbocycles. The van der Waals surface area contributed by atoms with E-state index in [1.54, 1.807) is 26.0 Å². The van der Waals surface area contributed by atoms with Crippen LogP contribution in [0.1, 0.15) is 72.9 Å². The first-order chi connectivity index (χ1) is 14.2. The first kappa shape index (κ1) is 25.0. The summed E-state index contributed by atoms with van der Waals surface area (Å²) in [6, 6.07) is 6.38. The Morgan fingerprint density at radius 1 is 0.677 bits per heavy atom. The molecule has 2 aromatic carbocycles. The van der Waals surface area contributed by atoms with Gasteiger partial charge in [-0.25, -0.2) is 16.8 Å². The molecule has 0 radical (unpaired) electrons. The van der Waals surface area contributed by atoms with E-state index in [2.05, 4.69) is 4.79 Å². The summed E-state index contributed by atoms with van der Waals surface area (Å²) in [6.45, 7) is 14.5. The highest BCUT2D eigenvalue weighted by Crippen LogP contribution is 2.33. The van der Waals surface area contributed by atoms with Crippen molar-refractivity contribution in [3.63, 3.8) is 0 Å². The number of nitrogens with zero attached hydrogens (tertiary/aromatic N) is 2. The van der Waals surface area contributed by atoms with Gasteiger partial charge in [-0.15, -0.1) is 4.79 Å². The summed E-state index contributed by atoms with van der Waals surface area (Å²) in [6.07, 6.45) is 0. The predicted octanol–water partition coefficient (Wildman–Crippen LogP) is 5.00. The van der Waals surface area contributed by atoms with Gasteiger partial charge in [0.2, 0.25) is 0 Å². The lowest BCUT2D eigenvalue weighted by atomic mass is 9.98. The van der Waals surface area contributed by atoms with Crippen LogP contribution >= 0.6 is 0 Å². The molecule has 0 aliphatic carbocycles. The summed E-state index contributed by atoms with van der Waals surface area (Å²) >= 11 is 0. The van der Waals surface area contributed by atoms with E-state index in [0.717, 1.165) is 11.1 Å². The fourth-order valence-corrected chi connectivity index (χ4v) is 7.59. The Morgan fingerprint density at radius 2 is 0.968 bits per heavy atom. The number of aryl methyl sites for hydroxylation is 4. The lowest BCUT2D eigenvalue weighted by Gasteiger charge is -2.16. The Labute approximate surface area is 185 Å². The Balaban J connectivity index is 2.88. The van der Waals surface area contributed by atoms with E-state index in [9.17, 15) is 22.4 Å². The standard InChI is InChI=1S/C23H30N2O4S2/c1-13(2)19-9-15(5)17(7)11-21(19)30(26,27)23(25-24)31(28,29)22-12-18(8)16(6)10-20(22)14(3)4/h9-14H,1-8H3. The van der Waals surface area contributed by atoms with Gasteiger partial charge in [0, 0.05) is 0 Å². The first-order valence-corrected chi connectivity index (χ1v) is 13.1. The first-order valence-electron chi connectivity index (χ1n) is 10.1.